The summed E-state index contributed by atoms with van der Waals surface area (Å²) < 4.78 is 27.3. The average Bonchev–Trinajstić information content (AvgIpc) is 2.49. The Morgan fingerprint density at radius 1 is 1.38 bits per heavy atom. The maximum absolute atomic E-state index is 12.4. The highest BCUT2D eigenvalue weighted by Gasteiger charge is 2.23. The molecule has 1 heterocycles. The number of amides is 1. The van der Waals surface area contributed by atoms with E-state index in [1.54, 1.807) is 19.1 Å². The Kier molecular flexibility index (Phi) is 7.66. The molecule has 2 rings (SSSR count). The first-order valence-corrected chi connectivity index (χ1v) is 9.36. The van der Waals surface area contributed by atoms with Crippen LogP contribution in [0.1, 0.15) is 24.5 Å². The highest BCUT2D eigenvalue weighted by Crippen LogP contribution is 2.16. The van der Waals surface area contributed by atoms with Gasteiger partial charge in [0.2, 0.25) is 15.9 Å². The van der Waals surface area contributed by atoms with E-state index in [2.05, 4.69) is 10.0 Å². The lowest BCUT2D eigenvalue weighted by Crippen LogP contribution is -2.52. The Hall–Kier alpha value is -1.15. The van der Waals surface area contributed by atoms with Crippen LogP contribution in [0.4, 0.5) is 0 Å². The molecule has 1 aromatic rings. The Morgan fingerprint density at radius 2 is 2.08 bits per heavy atom. The van der Waals surface area contributed by atoms with Crippen molar-refractivity contribution in [3.8, 4) is 0 Å². The molecule has 0 radical (unpaired) electrons. The second-order valence-electron chi connectivity index (χ2n) is 6.06. The molecule has 6 nitrogen and oxygen atoms in total. The predicted molar refractivity (Wildman–Crippen MR) is 97.0 cm³/mol. The SMILES string of the molecule is Cc1ccc(C)c(S(=O)(=O)NCCC(=O)N2CCNC[C@H]2C)c1.Cl. The normalized spacial score (nSPS) is 18.1. The van der Waals surface area contributed by atoms with Crippen molar-refractivity contribution in [3.63, 3.8) is 0 Å². The monoisotopic (exact) mass is 375 g/mol. The molecule has 24 heavy (non-hydrogen) atoms. The number of piperazine rings is 1. The van der Waals surface area contributed by atoms with Gasteiger partial charge in [-0.25, -0.2) is 13.1 Å². The average molecular weight is 376 g/mol. The molecule has 0 aliphatic carbocycles. The van der Waals surface area contributed by atoms with Crippen molar-refractivity contribution in [1.29, 1.82) is 0 Å². The van der Waals surface area contributed by atoms with E-state index in [1.165, 1.54) is 0 Å². The Labute approximate surface area is 150 Å². The molecule has 1 aliphatic heterocycles. The second-order valence-corrected chi connectivity index (χ2v) is 7.79. The van der Waals surface area contributed by atoms with Crippen molar-refractivity contribution in [2.75, 3.05) is 26.2 Å². The summed E-state index contributed by atoms with van der Waals surface area (Å²) in [4.78, 5) is 14.3. The molecule has 0 saturated carbocycles. The number of carbonyl (C=O) groups is 1. The maximum Gasteiger partial charge on any atom is 0.240 e. The van der Waals surface area contributed by atoms with Crippen molar-refractivity contribution in [2.24, 2.45) is 0 Å². The van der Waals surface area contributed by atoms with Crippen LogP contribution in [-0.2, 0) is 14.8 Å². The minimum atomic E-state index is -3.59. The van der Waals surface area contributed by atoms with Gasteiger partial charge in [-0.2, -0.15) is 0 Å². The lowest BCUT2D eigenvalue weighted by molar-refractivity contribution is -0.133. The van der Waals surface area contributed by atoms with E-state index in [1.807, 2.05) is 24.8 Å². The molecule has 0 bridgehead atoms. The zero-order valence-corrected chi connectivity index (χ0v) is 16.0. The van der Waals surface area contributed by atoms with Crippen molar-refractivity contribution in [1.82, 2.24) is 14.9 Å². The number of hydrogen-bond donors (Lipinski definition) is 2. The van der Waals surface area contributed by atoms with Crippen molar-refractivity contribution in [3.05, 3.63) is 29.3 Å². The van der Waals surface area contributed by atoms with Gasteiger partial charge in [-0.05, 0) is 38.0 Å². The Balaban J connectivity index is 0.00000288. The summed E-state index contributed by atoms with van der Waals surface area (Å²) in [6.07, 6.45) is 0.175. The van der Waals surface area contributed by atoms with Gasteiger partial charge in [0.15, 0.2) is 0 Å². The molecule has 0 unspecified atom stereocenters. The number of rotatable bonds is 5. The smallest absolute Gasteiger partial charge is 0.240 e. The van der Waals surface area contributed by atoms with Crippen LogP contribution >= 0.6 is 12.4 Å². The summed E-state index contributed by atoms with van der Waals surface area (Å²) >= 11 is 0. The summed E-state index contributed by atoms with van der Waals surface area (Å²) in [6, 6.07) is 5.46. The summed E-state index contributed by atoms with van der Waals surface area (Å²) in [5.74, 6) is -0.0114. The van der Waals surface area contributed by atoms with Crippen LogP contribution in [0.15, 0.2) is 23.1 Å². The maximum atomic E-state index is 12.4. The van der Waals surface area contributed by atoms with Gasteiger partial charge in [0.05, 0.1) is 4.90 Å². The lowest BCUT2D eigenvalue weighted by Gasteiger charge is -2.34. The predicted octanol–water partition coefficient (Wildman–Crippen LogP) is 1.21. The highest BCUT2D eigenvalue weighted by atomic mass is 35.5. The minimum absolute atomic E-state index is 0. The van der Waals surface area contributed by atoms with Crippen LogP contribution in [-0.4, -0.2) is 51.4 Å². The third kappa shape index (κ3) is 5.17. The van der Waals surface area contributed by atoms with Crippen LogP contribution in [0.2, 0.25) is 0 Å². The van der Waals surface area contributed by atoms with Gasteiger partial charge in [-0.1, -0.05) is 12.1 Å². The van der Waals surface area contributed by atoms with Gasteiger partial charge in [-0.3, -0.25) is 4.79 Å². The number of aryl methyl sites for hydroxylation is 2. The van der Waals surface area contributed by atoms with Crippen molar-refractivity contribution in [2.45, 2.75) is 38.1 Å². The summed E-state index contributed by atoms with van der Waals surface area (Å²) in [5, 5.41) is 3.23. The molecule has 0 aromatic heterocycles. The number of sulfonamides is 1. The quantitative estimate of drug-likeness (QED) is 0.811. The molecule has 8 heteroatoms. The van der Waals surface area contributed by atoms with E-state index in [9.17, 15) is 13.2 Å². The van der Waals surface area contributed by atoms with Crippen LogP contribution in [0.3, 0.4) is 0 Å². The van der Waals surface area contributed by atoms with Crippen LogP contribution in [0, 0.1) is 13.8 Å². The fourth-order valence-electron chi connectivity index (χ4n) is 2.72. The van der Waals surface area contributed by atoms with E-state index in [0.29, 0.717) is 12.1 Å². The van der Waals surface area contributed by atoms with E-state index in [0.717, 1.165) is 18.7 Å². The number of halogens is 1. The minimum Gasteiger partial charge on any atom is -0.337 e. The third-order valence-corrected chi connectivity index (χ3v) is 5.69. The van der Waals surface area contributed by atoms with E-state index >= 15 is 0 Å². The number of nitrogens with one attached hydrogen (secondary N) is 2. The molecule has 2 N–H and O–H groups in total. The third-order valence-electron chi connectivity index (χ3n) is 4.09. The summed E-state index contributed by atoms with van der Waals surface area (Å²) in [6.45, 7) is 7.96. The van der Waals surface area contributed by atoms with Crippen LogP contribution in [0.5, 0.6) is 0 Å². The van der Waals surface area contributed by atoms with Gasteiger partial charge in [0, 0.05) is 38.6 Å². The van der Waals surface area contributed by atoms with Crippen molar-refractivity contribution < 1.29 is 13.2 Å². The molecule has 1 amide bonds. The summed E-state index contributed by atoms with van der Waals surface area (Å²) in [5.41, 5.74) is 1.59. The van der Waals surface area contributed by atoms with Gasteiger partial charge in [0.1, 0.15) is 0 Å². The Morgan fingerprint density at radius 3 is 2.75 bits per heavy atom. The van der Waals surface area contributed by atoms with E-state index in [4.69, 9.17) is 0 Å². The standard InChI is InChI=1S/C16H25N3O3S.ClH/c1-12-4-5-13(2)15(10-12)23(21,22)18-7-6-16(20)19-9-8-17-11-14(19)3;/h4-5,10,14,17-18H,6-9,11H2,1-3H3;1H/t14-;/m1./s1. The molecule has 1 aromatic carbocycles. The van der Waals surface area contributed by atoms with Gasteiger partial charge in [-0.15, -0.1) is 12.4 Å². The molecule has 1 saturated heterocycles. The Bertz CT molecular complexity index is 679. The van der Waals surface area contributed by atoms with Gasteiger partial charge < -0.3 is 10.2 Å². The van der Waals surface area contributed by atoms with Gasteiger partial charge in [0.25, 0.3) is 0 Å². The van der Waals surface area contributed by atoms with Crippen LogP contribution in [0.25, 0.3) is 0 Å². The topological polar surface area (TPSA) is 78.5 Å². The number of nitrogens with zero attached hydrogens (tertiary/aromatic N) is 1. The summed E-state index contributed by atoms with van der Waals surface area (Å²) in [7, 11) is -3.59. The molecular weight excluding hydrogens is 350 g/mol. The molecule has 1 aliphatic rings. The van der Waals surface area contributed by atoms with E-state index < -0.39 is 10.0 Å². The first-order valence-electron chi connectivity index (χ1n) is 7.88. The number of carbonyl (C=O) groups excluding carboxylic acids is 1. The first-order chi connectivity index (χ1) is 10.8. The zero-order chi connectivity index (χ0) is 17.0. The number of benzene rings is 1. The van der Waals surface area contributed by atoms with Crippen molar-refractivity contribution >= 4 is 28.3 Å². The molecule has 136 valence electrons. The van der Waals surface area contributed by atoms with Gasteiger partial charge >= 0.3 is 0 Å². The number of hydrogen-bond acceptors (Lipinski definition) is 4. The lowest BCUT2D eigenvalue weighted by atomic mass is 10.2. The fraction of sp³-hybridized carbons (Fsp3) is 0.562. The second kappa shape index (κ2) is 8.80. The largest absolute Gasteiger partial charge is 0.337 e. The molecular formula is C16H26ClN3O3S. The first kappa shape index (κ1) is 20.9. The van der Waals surface area contributed by atoms with Crippen LogP contribution < -0.4 is 10.0 Å². The fourth-order valence-corrected chi connectivity index (χ4v) is 4.08. The molecule has 1 fully saturated rings. The highest BCUT2D eigenvalue weighted by molar-refractivity contribution is 7.89. The molecule has 1 atom stereocenters. The molecule has 0 spiro atoms. The zero-order valence-electron chi connectivity index (χ0n) is 14.3. The van der Waals surface area contributed by atoms with E-state index in [-0.39, 0.29) is 42.2 Å².